The zero-order valence-electron chi connectivity index (χ0n) is 11.9. The van der Waals surface area contributed by atoms with E-state index in [2.05, 4.69) is 15.0 Å². The lowest BCUT2D eigenvalue weighted by molar-refractivity contribution is 0.267. The van der Waals surface area contributed by atoms with Crippen LogP contribution in [-0.2, 0) is 10.2 Å². The molecule has 1 aromatic rings. The van der Waals surface area contributed by atoms with E-state index in [0.717, 1.165) is 24.4 Å². The number of hydrogen-bond acceptors (Lipinski definition) is 5. The molecule has 1 saturated heterocycles. The Morgan fingerprint density at radius 3 is 2.75 bits per heavy atom. The smallest absolute Gasteiger partial charge is 0.280 e. The molecule has 114 valence electrons. The summed E-state index contributed by atoms with van der Waals surface area (Å²) in [6, 6.07) is -0.282. The quantitative estimate of drug-likeness (QED) is 0.820. The molecule has 1 fully saturated rings. The van der Waals surface area contributed by atoms with Gasteiger partial charge in [0.2, 0.25) is 0 Å². The summed E-state index contributed by atoms with van der Waals surface area (Å²) >= 11 is 1.46. The second-order valence-electron chi connectivity index (χ2n) is 5.12. The summed E-state index contributed by atoms with van der Waals surface area (Å²) in [7, 11) is -1.49. The molecule has 1 aromatic heterocycles. The molecule has 0 radical (unpaired) electrons. The number of thiazole rings is 1. The highest BCUT2D eigenvalue weighted by Gasteiger charge is 2.29. The molecule has 0 spiro atoms. The molecule has 0 aliphatic carbocycles. The third-order valence-electron chi connectivity index (χ3n) is 3.55. The first-order valence-corrected chi connectivity index (χ1v) is 9.16. The maximum absolute atomic E-state index is 12.3. The van der Waals surface area contributed by atoms with Crippen molar-refractivity contribution in [3.05, 3.63) is 16.6 Å². The first-order chi connectivity index (χ1) is 9.53. The Morgan fingerprint density at radius 2 is 2.20 bits per heavy atom. The standard InChI is InChI=1S/C12H22N4O2S2/c1-10(12-14-5-8-19-12)15-20(17,18)16-6-3-11(4-7-16)9-13-2/h5,8,10-11,13,15H,3-4,6-7,9H2,1-2H3. The van der Waals surface area contributed by atoms with E-state index >= 15 is 0 Å². The van der Waals surface area contributed by atoms with E-state index in [1.165, 1.54) is 11.3 Å². The fourth-order valence-corrected chi connectivity index (χ4v) is 4.56. The Labute approximate surface area is 124 Å². The maximum atomic E-state index is 12.3. The summed E-state index contributed by atoms with van der Waals surface area (Å²) in [4.78, 5) is 4.15. The second-order valence-corrected chi connectivity index (χ2v) is 7.74. The minimum atomic E-state index is -3.42. The normalized spacial score (nSPS) is 20.1. The molecule has 0 aromatic carbocycles. The van der Waals surface area contributed by atoms with Crippen LogP contribution in [0, 0.1) is 5.92 Å². The molecular weight excluding hydrogens is 296 g/mol. The highest BCUT2D eigenvalue weighted by atomic mass is 32.2. The predicted molar refractivity (Wildman–Crippen MR) is 80.8 cm³/mol. The van der Waals surface area contributed by atoms with E-state index < -0.39 is 10.2 Å². The van der Waals surface area contributed by atoms with Crippen molar-refractivity contribution in [2.75, 3.05) is 26.7 Å². The molecule has 0 bridgehead atoms. The Morgan fingerprint density at radius 1 is 1.50 bits per heavy atom. The number of piperidine rings is 1. The van der Waals surface area contributed by atoms with Crippen LogP contribution >= 0.6 is 11.3 Å². The average molecular weight is 318 g/mol. The van der Waals surface area contributed by atoms with Gasteiger partial charge in [-0.1, -0.05) is 0 Å². The Balaban J connectivity index is 1.91. The molecule has 8 heteroatoms. The van der Waals surface area contributed by atoms with Crippen molar-refractivity contribution in [1.82, 2.24) is 19.3 Å². The summed E-state index contributed by atoms with van der Waals surface area (Å²) in [5.74, 6) is 0.572. The molecule has 0 amide bonds. The van der Waals surface area contributed by atoms with Crippen molar-refractivity contribution in [2.24, 2.45) is 5.92 Å². The lowest BCUT2D eigenvalue weighted by Crippen LogP contribution is -2.46. The number of hydrogen-bond donors (Lipinski definition) is 2. The molecule has 20 heavy (non-hydrogen) atoms. The van der Waals surface area contributed by atoms with Crippen molar-refractivity contribution < 1.29 is 8.42 Å². The molecule has 1 atom stereocenters. The Bertz CT molecular complexity index is 496. The van der Waals surface area contributed by atoms with E-state index in [1.54, 1.807) is 10.5 Å². The second kappa shape index (κ2) is 6.95. The van der Waals surface area contributed by atoms with Crippen molar-refractivity contribution in [2.45, 2.75) is 25.8 Å². The zero-order chi connectivity index (χ0) is 14.6. The van der Waals surface area contributed by atoms with Gasteiger partial charge in [-0.3, -0.25) is 0 Å². The summed E-state index contributed by atoms with van der Waals surface area (Å²) in [5, 5.41) is 5.79. The predicted octanol–water partition coefficient (Wildman–Crippen LogP) is 0.970. The van der Waals surface area contributed by atoms with Gasteiger partial charge in [-0.15, -0.1) is 11.3 Å². The monoisotopic (exact) mass is 318 g/mol. The van der Waals surface area contributed by atoms with Crippen LogP contribution in [0.5, 0.6) is 0 Å². The number of rotatable bonds is 6. The van der Waals surface area contributed by atoms with Crippen molar-refractivity contribution in [3.63, 3.8) is 0 Å². The van der Waals surface area contributed by atoms with Gasteiger partial charge in [0.15, 0.2) is 0 Å². The van der Waals surface area contributed by atoms with E-state index in [-0.39, 0.29) is 6.04 Å². The third kappa shape index (κ3) is 3.98. The van der Waals surface area contributed by atoms with Gasteiger partial charge in [0, 0.05) is 24.7 Å². The van der Waals surface area contributed by atoms with E-state index in [0.29, 0.717) is 19.0 Å². The molecule has 2 N–H and O–H groups in total. The minimum Gasteiger partial charge on any atom is -0.319 e. The van der Waals surface area contributed by atoms with Crippen LogP contribution in [0.1, 0.15) is 30.8 Å². The van der Waals surface area contributed by atoms with Crippen LogP contribution in [0.3, 0.4) is 0 Å². The van der Waals surface area contributed by atoms with Crippen LogP contribution in [0.2, 0.25) is 0 Å². The van der Waals surface area contributed by atoms with Crippen LogP contribution in [0.15, 0.2) is 11.6 Å². The zero-order valence-corrected chi connectivity index (χ0v) is 13.5. The molecule has 2 heterocycles. The largest absolute Gasteiger partial charge is 0.319 e. The van der Waals surface area contributed by atoms with Gasteiger partial charge in [0.25, 0.3) is 10.2 Å². The van der Waals surface area contributed by atoms with Gasteiger partial charge >= 0.3 is 0 Å². The SMILES string of the molecule is CNCC1CCN(S(=O)(=O)NC(C)c2nccs2)CC1. The first kappa shape index (κ1) is 15.8. The van der Waals surface area contributed by atoms with Gasteiger partial charge in [-0.2, -0.15) is 17.4 Å². The van der Waals surface area contributed by atoms with E-state index in [4.69, 9.17) is 0 Å². The lowest BCUT2D eigenvalue weighted by Gasteiger charge is -2.31. The molecule has 6 nitrogen and oxygen atoms in total. The van der Waals surface area contributed by atoms with Crippen LogP contribution in [0.25, 0.3) is 0 Å². The van der Waals surface area contributed by atoms with Crippen LogP contribution in [-0.4, -0.2) is 44.4 Å². The Kier molecular flexibility index (Phi) is 5.50. The van der Waals surface area contributed by atoms with E-state index in [9.17, 15) is 8.42 Å². The number of nitrogens with one attached hydrogen (secondary N) is 2. The highest BCUT2D eigenvalue weighted by Crippen LogP contribution is 2.21. The van der Waals surface area contributed by atoms with Crippen LogP contribution in [0.4, 0.5) is 0 Å². The summed E-state index contributed by atoms with van der Waals surface area (Å²) < 4.78 is 28.9. The molecule has 0 saturated carbocycles. The van der Waals surface area contributed by atoms with E-state index in [1.807, 2.05) is 19.4 Å². The van der Waals surface area contributed by atoms with Crippen LogP contribution < -0.4 is 10.0 Å². The average Bonchev–Trinajstić information content (AvgIpc) is 2.93. The third-order valence-corrected chi connectivity index (χ3v) is 6.21. The van der Waals surface area contributed by atoms with Gasteiger partial charge in [0.05, 0.1) is 6.04 Å². The summed E-state index contributed by atoms with van der Waals surface area (Å²) in [5.41, 5.74) is 0. The summed E-state index contributed by atoms with van der Waals surface area (Å²) in [6.07, 6.45) is 3.51. The maximum Gasteiger partial charge on any atom is 0.280 e. The number of nitrogens with zero attached hydrogens (tertiary/aromatic N) is 2. The molecule has 1 aliphatic heterocycles. The van der Waals surface area contributed by atoms with Gasteiger partial charge in [0.1, 0.15) is 5.01 Å². The molecular formula is C12H22N4O2S2. The Hall–Kier alpha value is -0.540. The van der Waals surface area contributed by atoms with Gasteiger partial charge in [-0.25, -0.2) is 4.98 Å². The molecule has 1 aliphatic rings. The van der Waals surface area contributed by atoms with Gasteiger partial charge in [-0.05, 0) is 39.3 Å². The molecule has 1 unspecified atom stereocenters. The number of aromatic nitrogens is 1. The van der Waals surface area contributed by atoms with Gasteiger partial charge < -0.3 is 5.32 Å². The lowest BCUT2D eigenvalue weighted by atomic mass is 9.98. The molecule has 2 rings (SSSR count). The first-order valence-electron chi connectivity index (χ1n) is 6.84. The van der Waals surface area contributed by atoms with Crippen molar-refractivity contribution >= 4 is 21.5 Å². The fraction of sp³-hybridized carbons (Fsp3) is 0.750. The van der Waals surface area contributed by atoms with Crippen molar-refractivity contribution in [1.29, 1.82) is 0 Å². The highest BCUT2D eigenvalue weighted by molar-refractivity contribution is 7.87. The summed E-state index contributed by atoms with van der Waals surface area (Å²) in [6.45, 7) is 3.96. The fourth-order valence-electron chi connectivity index (χ4n) is 2.44. The van der Waals surface area contributed by atoms with Crippen molar-refractivity contribution in [3.8, 4) is 0 Å². The topological polar surface area (TPSA) is 74.3 Å². The minimum absolute atomic E-state index is 0.282.